The number of rotatable bonds is 5. The van der Waals surface area contributed by atoms with Crippen molar-refractivity contribution in [2.75, 3.05) is 6.61 Å². The molecule has 0 bridgehead atoms. The molecule has 0 aliphatic carbocycles. The molecule has 0 fully saturated rings. The van der Waals surface area contributed by atoms with Gasteiger partial charge in [0.05, 0.1) is 18.8 Å². The molecular formula is C17H18N2O2. The molecule has 4 heteroatoms. The number of carbonyl (C=O) groups is 1. The fraction of sp³-hybridized carbons (Fsp3) is 0.235. The molecule has 0 radical (unpaired) electrons. The van der Waals surface area contributed by atoms with E-state index in [9.17, 15) is 4.79 Å². The number of ether oxygens (including phenoxy) is 1. The summed E-state index contributed by atoms with van der Waals surface area (Å²) in [6.45, 7) is 2.96. The summed E-state index contributed by atoms with van der Waals surface area (Å²) in [4.78, 5) is 12.3. The predicted molar refractivity (Wildman–Crippen MR) is 82.9 cm³/mol. The van der Waals surface area contributed by atoms with E-state index in [0.717, 1.165) is 22.3 Å². The summed E-state index contributed by atoms with van der Waals surface area (Å²) in [5.41, 5.74) is 1.77. The lowest BCUT2D eigenvalue weighted by atomic mass is 10.2. The second-order valence-corrected chi connectivity index (χ2v) is 5.02. The van der Waals surface area contributed by atoms with E-state index in [1.807, 2.05) is 71.9 Å². The lowest BCUT2D eigenvalue weighted by Gasteiger charge is -2.07. The van der Waals surface area contributed by atoms with E-state index in [1.165, 1.54) is 0 Å². The first-order valence-electron chi connectivity index (χ1n) is 7.05. The van der Waals surface area contributed by atoms with Gasteiger partial charge in [-0.05, 0) is 43.3 Å². The summed E-state index contributed by atoms with van der Waals surface area (Å²) in [6.07, 6.45) is 3.83. The van der Waals surface area contributed by atoms with Crippen molar-refractivity contribution in [2.24, 2.45) is 7.05 Å². The quantitative estimate of drug-likeness (QED) is 0.673. The second-order valence-electron chi connectivity index (χ2n) is 5.02. The molecule has 2 heterocycles. The van der Waals surface area contributed by atoms with Crippen LogP contribution in [0.1, 0.15) is 17.4 Å². The molecule has 4 nitrogen and oxygen atoms in total. The van der Waals surface area contributed by atoms with Gasteiger partial charge >= 0.3 is 0 Å². The largest absolute Gasteiger partial charge is 0.494 e. The number of hydrogen-bond acceptors (Lipinski definition) is 2. The van der Waals surface area contributed by atoms with Gasteiger partial charge in [-0.1, -0.05) is 0 Å². The number of hydrogen-bond donors (Lipinski definition) is 0. The Morgan fingerprint density at radius 3 is 2.76 bits per heavy atom. The molecule has 2 aromatic heterocycles. The van der Waals surface area contributed by atoms with Crippen LogP contribution in [0.15, 0.2) is 48.8 Å². The summed E-state index contributed by atoms with van der Waals surface area (Å²) in [6, 6.07) is 11.7. The molecule has 0 aliphatic rings. The van der Waals surface area contributed by atoms with Crippen molar-refractivity contribution < 1.29 is 9.53 Å². The maximum atomic E-state index is 12.3. The average molecular weight is 282 g/mol. The zero-order chi connectivity index (χ0) is 14.8. The summed E-state index contributed by atoms with van der Waals surface area (Å²) in [5, 5.41) is 1.08. The van der Waals surface area contributed by atoms with Crippen LogP contribution in [-0.4, -0.2) is 21.5 Å². The topological polar surface area (TPSA) is 36.2 Å². The van der Waals surface area contributed by atoms with Gasteiger partial charge in [0.2, 0.25) is 0 Å². The molecule has 0 saturated carbocycles. The standard InChI is InChI=1S/C17H18N2O2/c1-3-21-14-6-7-15-13(11-14)8-10-19(15)12-17(20)16-5-4-9-18(16)2/h4-11H,3,12H2,1-2H3. The van der Waals surface area contributed by atoms with E-state index in [0.29, 0.717) is 13.2 Å². The van der Waals surface area contributed by atoms with Crippen LogP contribution < -0.4 is 4.74 Å². The Labute approximate surface area is 123 Å². The van der Waals surface area contributed by atoms with Crippen molar-refractivity contribution in [1.29, 1.82) is 0 Å². The van der Waals surface area contributed by atoms with Gasteiger partial charge in [0, 0.05) is 30.3 Å². The smallest absolute Gasteiger partial charge is 0.198 e. The van der Waals surface area contributed by atoms with Gasteiger partial charge in [-0.2, -0.15) is 0 Å². The summed E-state index contributed by atoms with van der Waals surface area (Å²) in [5.74, 6) is 0.963. The third kappa shape index (κ3) is 2.57. The van der Waals surface area contributed by atoms with Crippen molar-refractivity contribution >= 4 is 16.7 Å². The number of fused-ring (bicyclic) bond motifs is 1. The SMILES string of the molecule is CCOc1ccc2c(ccn2CC(=O)c2cccn2C)c1. The summed E-state index contributed by atoms with van der Waals surface area (Å²) >= 11 is 0. The first-order valence-corrected chi connectivity index (χ1v) is 7.05. The molecule has 108 valence electrons. The molecule has 0 amide bonds. The highest BCUT2D eigenvalue weighted by atomic mass is 16.5. The predicted octanol–water partition coefficient (Wildman–Crippen LogP) is 3.26. The molecule has 0 N–H and O–H groups in total. The number of aryl methyl sites for hydroxylation is 1. The first-order chi connectivity index (χ1) is 10.2. The lowest BCUT2D eigenvalue weighted by Crippen LogP contribution is -2.12. The van der Waals surface area contributed by atoms with E-state index < -0.39 is 0 Å². The third-order valence-corrected chi connectivity index (χ3v) is 3.60. The van der Waals surface area contributed by atoms with E-state index in [2.05, 4.69) is 0 Å². The molecule has 0 unspecified atom stereocenters. The molecule has 3 aromatic rings. The lowest BCUT2D eigenvalue weighted by molar-refractivity contribution is 0.0965. The fourth-order valence-corrected chi connectivity index (χ4v) is 2.56. The fourth-order valence-electron chi connectivity index (χ4n) is 2.56. The summed E-state index contributed by atoms with van der Waals surface area (Å²) < 4.78 is 9.32. The monoisotopic (exact) mass is 282 g/mol. The Bertz CT molecular complexity index is 783. The Balaban J connectivity index is 1.88. The van der Waals surface area contributed by atoms with Gasteiger partial charge in [-0.3, -0.25) is 4.79 Å². The number of benzene rings is 1. The number of aromatic nitrogens is 2. The van der Waals surface area contributed by atoms with Crippen LogP contribution in [0.2, 0.25) is 0 Å². The highest BCUT2D eigenvalue weighted by Crippen LogP contribution is 2.22. The van der Waals surface area contributed by atoms with Crippen molar-refractivity contribution in [2.45, 2.75) is 13.5 Å². The van der Waals surface area contributed by atoms with Gasteiger partial charge in [0.25, 0.3) is 0 Å². The zero-order valence-corrected chi connectivity index (χ0v) is 12.2. The van der Waals surface area contributed by atoms with E-state index in [-0.39, 0.29) is 5.78 Å². The molecule has 21 heavy (non-hydrogen) atoms. The maximum absolute atomic E-state index is 12.3. The normalized spacial score (nSPS) is 11.0. The minimum Gasteiger partial charge on any atom is -0.494 e. The Morgan fingerprint density at radius 1 is 1.19 bits per heavy atom. The van der Waals surface area contributed by atoms with Crippen molar-refractivity contribution in [3.05, 3.63) is 54.5 Å². The van der Waals surface area contributed by atoms with Gasteiger partial charge in [-0.15, -0.1) is 0 Å². The highest BCUT2D eigenvalue weighted by molar-refractivity contribution is 5.95. The van der Waals surface area contributed by atoms with Gasteiger partial charge in [-0.25, -0.2) is 0 Å². The average Bonchev–Trinajstić information content (AvgIpc) is 3.06. The highest BCUT2D eigenvalue weighted by Gasteiger charge is 2.11. The number of Topliss-reactive ketones (excluding diaryl/α,β-unsaturated/α-hetero) is 1. The maximum Gasteiger partial charge on any atom is 0.198 e. The number of ketones is 1. The molecule has 1 aromatic carbocycles. The number of nitrogens with zero attached hydrogens (tertiary/aromatic N) is 2. The molecule has 3 rings (SSSR count). The van der Waals surface area contributed by atoms with Gasteiger partial charge in [0.15, 0.2) is 5.78 Å². The summed E-state index contributed by atoms with van der Waals surface area (Å²) in [7, 11) is 1.88. The first kappa shape index (κ1) is 13.5. The Kier molecular flexibility index (Phi) is 3.52. The van der Waals surface area contributed by atoms with Crippen molar-refractivity contribution in [1.82, 2.24) is 9.13 Å². The molecular weight excluding hydrogens is 264 g/mol. The third-order valence-electron chi connectivity index (χ3n) is 3.60. The van der Waals surface area contributed by atoms with E-state index >= 15 is 0 Å². The Morgan fingerprint density at radius 2 is 2.05 bits per heavy atom. The van der Waals surface area contributed by atoms with E-state index in [4.69, 9.17) is 4.74 Å². The van der Waals surface area contributed by atoms with Crippen LogP contribution in [0.4, 0.5) is 0 Å². The van der Waals surface area contributed by atoms with Crippen LogP contribution >= 0.6 is 0 Å². The van der Waals surface area contributed by atoms with Crippen LogP contribution in [0.25, 0.3) is 10.9 Å². The molecule has 0 atom stereocenters. The molecule has 0 spiro atoms. The van der Waals surface area contributed by atoms with Crippen LogP contribution in [0, 0.1) is 0 Å². The van der Waals surface area contributed by atoms with Crippen LogP contribution in [-0.2, 0) is 13.6 Å². The van der Waals surface area contributed by atoms with Gasteiger partial charge in [0.1, 0.15) is 5.75 Å². The van der Waals surface area contributed by atoms with Crippen molar-refractivity contribution in [3.8, 4) is 5.75 Å². The van der Waals surface area contributed by atoms with Crippen LogP contribution in [0.5, 0.6) is 5.75 Å². The minimum absolute atomic E-state index is 0.105. The van der Waals surface area contributed by atoms with Gasteiger partial charge < -0.3 is 13.9 Å². The number of carbonyl (C=O) groups excluding carboxylic acids is 1. The van der Waals surface area contributed by atoms with Crippen LogP contribution in [0.3, 0.4) is 0 Å². The Hall–Kier alpha value is -2.49. The second kappa shape index (κ2) is 5.48. The molecule has 0 saturated heterocycles. The van der Waals surface area contributed by atoms with E-state index in [1.54, 1.807) is 0 Å². The minimum atomic E-state index is 0.105. The zero-order valence-electron chi connectivity index (χ0n) is 12.2. The van der Waals surface area contributed by atoms with Crippen molar-refractivity contribution in [3.63, 3.8) is 0 Å². The molecule has 0 aliphatic heterocycles.